The molecule has 0 saturated carbocycles. The van der Waals surface area contributed by atoms with E-state index in [0.29, 0.717) is 24.1 Å². The molecule has 0 spiro atoms. The number of hydrogen-bond donors (Lipinski definition) is 1. The van der Waals surface area contributed by atoms with Gasteiger partial charge in [-0.15, -0.1) is 0 Å². The molecule has 1 atom stereocenters. The van der Waals surface area contributed by atoms with Crippen LogP contribution in [0.25, 0.3) is 0 Å². The number of nitrogens with zero attached hydrogens (tertiary/aromatic N) is 2. The Bertz CT molecular complexity index is 1020. The maximum Gasteiger partial charge on any atom is 0.252 e. The number of nitriles is 1. The monoisotopic (exact) mass is 415 g/mol. The molecule has 1 amide bonds. The molecule has 8 heteroatoms. The van der Waals surface area contributed by atoms with Crippen LogP contribution in [-0.2, 0) is 10.0 Å². The predicted molar refractivity (Wildman–Crippen MR) is 109 cm³/mol. The Hall–Kier alpha value is -2.34. The molecule has 1 aliphatic rings. The van der Waals surface area contributed by atoms with Crippen molar-refractivity contribution in [3.63, 3.8) is 0 Å². The molecule has 28 heavy (non-hydrogen) atoms. The zero-order chi connectivity index (χ0) is 20.1. The van der Waals surface area contributed by atoms with Crippen LogP contribution < -0.4 is 5.32 Å². The highest BCUT2D eigenvalue weighted by molar-refractivity contribution is 7.99. The maximum atomic E-state index is 12.9. The number of carbonyl (C=O) groups is 1. The van der Waals surface area contributed by atoms with Crippen LogP contribution in [0.3, 0.4) is 0 Å². The highest BCUT2D eigenvalue weighted by atomic mass is 32.2. The Balaban J connectivity index is 1.77. The molecule has 0 aromatic heterocycles. The van der Waals surface area contributed by atoms with Crippen molar-refractivity contribution in [2.45, 2.75) is 28.7 Å². The Morgan fingerprint density at radius 3 is 2.57 bits per heavy atom. The molecule has 6 nitrogen and oxygen atoms in total. The summed E-state index contributed by atoms with van der Waals surface area (Å²) >= 11 is 1.37. The number of rotatable bonds is 5. The molecule has 2 aromatic rings. The molecule has 146 valence electrons. The minimum Gasteiger partial charge on any atom is -0.348 e. The van der Waals surface area contributed by atoms with Gasteiger partial charge in [0.25, 0.3) is 5.91 Å². The summed E-state index contributed by atoms with van der Waals surface area (Å²) in [5.74, 6) is -0.238. The summed E-state index contributed by atoms with van der Waals surface area (Å²) in [4.78, 5) is 14.4. The molecular weight excluding hydrogens is 394 g/mol. The van der Waals surface area contributed by atoms with Crippen molar-refractivity contribution in [2.24, 2.45) is 0 Å². The van der Waals surface area contributed by atoms with Crippen molar-refractivity contribution in [3.05, 3.63) is 59.7 Å². The van der Waals surface area contributed by atoms with Crippen LogP contribution in [0.4, 0.5) is 0 Å². The lowest BCUT2D eigenvalue weighted by Crippen LogP contribution is -2.49. The van der Waals surface area contributed by atoms with E-state index in [0.717, 1.165) is 16.2 Å². The molecule has 1 N–H and O–H groups in total. The number of sulfonamides is 1. The molecule has 1 fully saturated rings. The van der Waals surface area contributed by atoms with Crippen LogP contribution >= 0.6 is 11.8 Å². The third-order valence-corrected chi connectivity index (χ3v) is 6.97. The van der Waals surface area contributed by atoms with E-state index in [1.807, 2.05) is 24.3 Å². The highest BCUT2D eigenvalue weighted by Crippen LogP contribution is 2.32. The van der Waals surface area contributed by atoms with Gasteiger partial charge in [-0.05, 0) is 37.1 Å². The number of amides is 1. The van der Waals surface area contributed by atoms with Crippen molar-refractivity contribution < 1.29 is 13.2 Å². The molecule has 0 radical (unpaired) electrons. The van der Waals surface area contributed by atoms with E-state index >= 15 is 0 Å². The SMILES string of the molecule is CS(=O)(=O)N1CCCC(NC(=O)c2ccccc2Sc2ccccc2C#N)C1. The van der Waals surface area contributed by atoms with Crippen LogP contribution in [0, 0.1) is 11.3 Å². The number of benzene rings is 2. The van der Waals surface area contributed by atoms with Crippen LogP contribution in [0.5, 0.6) is 0 Å². The minimum absolute atomic E-state index is 0.222. The van der Waals surface area contributed by atoms with Gasteiger partial charge in [0, 0.05) is 28.9 Å². The van der Waals surface area contributed by atoms with E-state index in [4.69, 9.17) is 0 Å². The Morgan fingerprint density at radius 2 is 1.86 bits per heavy atom. The van der Waals surface area contributed by atoms with Crippen molar-refractivity contribution in [1.82, 2.24) is 9.62 Å². The molecule has 1 aliphatic heterocycles. The second-order valence-electron chi connectivity index (χ2n) is 6.64. The zero-order valence-corrected chi connectivity index (χ0v) is 17.1. The standard InChI is InChI=1S/C20H21N3O3S2/c1-28(25,26)23-12-6-8-16(14-23)22-20(24)17-9-3-5-11-19(17)27-18-10-4-2-7-15(18)13-21/h2-5,7,9-11,16H,6,8,12,14H2,1H3,(H,22,24). The zero-order valence-electron chi connectivity index (χ0n) is 15.5. The lowest BCUT2D eigenvalue weighted by atomic mass is 10.1. The molecular formula is C20H21N3O3S2. The summed E-state index contributed by atoms with van der Waals surface area (Å²) in [6.45, 7) is 0.778. The number of piperidine rings is 1. The number of carbonyl (C=O) groups excluding carboxylic acids is 1. The number of nitrogens with one attached hydrogen (secondary N) is 1. The molecule has 2 aromatic carbocycles. The Labute approximate surface area is 169 Å². The fourth-order valence-corrected chi connectivity index (χ4v) is 5.07. The molecule has 1 heterocycles. The van der Waals surface area contributed by atoms with Crippen LogP contribution in [-0.4, -0.2) is 44.0 Å². The summed E-state index contributed by atoms with van der Waals surface area (Å²) in [5.41, 5.74) is 1.07. The third-order valence-electron chi connectivity index (χ3n) is 4.55. The van der Waals surface area contributed by atoms with E-state index < -0.39 is 10.0 Å². The van der Waals surface area contributed by atoms with Gasteiger partial charge in [0.05, 0.1) is 17.4 Å². The summed E-state index contributed by atoms with van der Waals surface area (Å²) in [6, 6.07) is 16.4. The van der Waals surface area contributed by atoms with Crippen LogP contribution in [0.1, 0.15) is 28.8 Å². The van der Waals surface area contributed by atoms with Crippen molar-refractivity contribution >= 4 is 27.7 Å². The van der Waals surface area contributed by atoms with Gasteiger partial charge in [-0.3, -0.25) is 4.79 Å². The molecule has 0 bridgehead atoms. The summed E-state index contributed by atoms with van der Waals surface area (Å²) < 4.78 is 25.0. The molecule has 3 rings (SSSR count). The predicted octanol–water partition coefficient (Wildman–Crippen LogP) is 2.86. The van der Waals surface area contributed by atoms with E-state index in [9.17, 15) is 18.5 Å². The van der Waals surface area contributed by atoms with Crippen molar-refractivity contribution in [1.29, 1.82) is 5.26 Å². The van der Waals surface area contributed by atoms with Crippen molar-refractivity contribution in [3.8, 4) is 6.07 Å². The van der Waals surface area contributed by atoms with E-state index in [-0.39, 0.29) is 18.5 Å². The van der Waals surface area contributed by atoms with Crippen molar-refractivity contribution in [2.75, 3.05) is 19.3 Å². The Kier molecular flexibility index (Phi) is 6.39. The average Bonchev–Trinajstić information content (AvgIpc) is 2.68. The second-order valence-corrected chi connectivity index (χ2v) is 9.71. The normalized spacial score (nSPS) is 17.6. The summed E-state index contributed by atoms with van der Waals surface area (Å²) in [5, 5.41) is 12.3. The van der Waals surface area contributed by atoms with Gasteiger partial charge in [-0.1, -0.05) is 36.0 Å². The molecule has 1 saturated heterocycles. The summed E-state index contributed by atoms with van der Waals surface area (Å²) in [6.07, 6.45) is 2.64. The van der Waals surface area contributed by atoms with Gasteiger partial charge in [-0.25, -0.2) is 12.7 Å². The topological polar surface area (TPSA) is 90.3 Å². The lowest BCUT2D eigenvalue weighted by molar-refractivity contribution is 0.0918. The largest absolute Gasteiger partial charge is 0.348 e. The van der Waals surface area contributed by atoms with Gasteiger partial charge < -0.3 is 5.32 Å². The summed E-state index contributed by atoms with van der Waals surface area (Å²) in [7, 11) is -3.27. The Morgan fingerprint density at radius 1 is 1.18 bits per heavy atom. The molecule has 0 aliphatic carbocycles. The van der Waals surface area contributed by atoms with Crippen LogP contribution in [0.15, 0.2) is 58.3 Å². The minimum atomic E-state index is -3.27. The van der Waals surface area contributed by atoms with Gasteiger partial charge in [-0.2, -0.15) is 5.26 Å². The van der Waals surface area contributed by atoms with E-state index in [2.05, 4.69) is 11.4 Å². The first-order chi connectivity index (χ1) is 13.4. The van der Waals surface area contributed by atoms with Gasteiger partial charge in [0.2, 0.25) is 10.0 Å². The first-order valence-corrected chi connectivity index (χ1v) is 11.6. The smallest absolute Gasteiger partial charge is 0.252 e. The second kappa shape index (κ2) is 8.78. The third kappa shape index (κ3) is 4.93. The maximum absolute atomic E-state index is 12.9. The van der Waals surface area contributed by atoms with E-state index in [1.165, 1.54) is 22.3 Å². The van der Waals surface area contributed by atoms with Gasteiger partial charge in [0.15, 0.2) is 0 Å². The fourth-order valence-electron chi connectivity index (χ4n) is 3.13. The lowest BCUT2D eigenvalue weighted by Gasteiger charge is -2.31. The van der Waals surface area contributed by atoms with Crippen LogP contribution in [0.2, 0.25) is 0 Å². The van der Waals surface area contributed by atoms with E-state index in [1.54, 1.807) is 24.3 Å². The van der Waals surface area contributed by atoms with Gasteiger partial charge in [0.1, 0.15) is 6.07 Å². The average molecular weight is 416 g/mol. The fraction of sp³-hybridized carbons (Fsp3) is 0.300. The van der Waals surface area contributed by atoms with Gasteiger partial charge >= 0.3 is 0 Å². The first-order valence-electron chi connectivity index (χ1n) is 8.90. The first kappa shape index (κ1) is 20.4. The number of hydrogen-bond acceptors (Lipinski definition) is 5. The highest BCUT2D eigenvalue weighted by Gasteiger charge is 2.27. The quantitative estimate of drug-likeness (QED) is 0.811. The molecule has 1 unspecified atom stereocenters.